The van der Waals surface area contributed by atoms with Crippen LogP contribution in [0.5, 0.6) is 0 Å². The van der Waals surface area contributed by atoms with Crippen molar-refractivity contribution in [1.82, 2.24) is 4.90 Å². The third kappa shape index (κ3) is 2.95. The fraction of sp³-hybridized carbons (Fsp3) is 0.438. The number of anilines is 1. The number of hydrogen-bond donors (Lipinski definition) is 2. The summed E-state index contributed by atoms with van der Waals surface area (Å²) in [5.41, 5.74) is -0.253. The zero-order valence-corrected chi connectivity index (χ0v) is 12.8. The number of nitrogens with zero attached hydrogens (tertiary/aromatic N) is 1. The Bertz CT molecular complexity index is 614. The second kappa shape index (κ2) is 6.17. The molecule has 22 heavy (non-hydrogen) atoms. The lowest BCUT2D eigenvalue weighted by atomic mass is 9.98. The van der Waals surface area contributed by atoms with Gasteiger partial charge in [0, 0.05) is 24.2 Å². The molecule has 1 fully saturated rings. The van der Waals surface area contributed by atoms with E-state index in [0.717, 1.165) is 0 Å². The number of carboxylic acid groups (broad SMARTS) is 1. The van der Waals surface area contributed by atoms with E-state index in [-0.39, 0.29) is 11.8 Å². The number of nitrogens with one attached hydrogen (secondary N) is 1. The Kier molecular flexibility index (Phi) is 4.49. The van der Waals surface area contributed by atoms with Crippen molar-refractivity contribution in [1.29, 1.82) is 0 Å². The van der Waals surface area contributed by atoms with E-state index >= 15 is 0 Å². The zero-order chi connectivity index (χ0) is 16.3. The van der Waals surface area contributed by atoms with Gasteiger partial charge in [-0.3, -0.25) is 9.59 Å². The third-order valence-corrected chi connectivity index (χ3v) is 4.06. The highest BCUT2D eigenvalue weighted by atomic mass is 16.4. The lowest BCUT2D eigenvalue weighted by Crippen LogP contribution is -2.50. The highest BCUT2D eigenvalue weighted by Crippen LogP contribution is 2.31. The van der Waals surface area contributed by atoms with Crippen molar-refractivity contribution in [2.24, 2.45) is 0 Å². The van der Waals surface area contributed by atoms with E-state index in [0.29, 0.717) is 37.1 Å². The van der Waals surface area contributed by atoms with Gasteiger partial charge in [0.05, 0.1) is 0 Å². The van der Waals surface area contributed by atoms with E-state index in [1.165, 1.54) is 4.90 Å². The van der Waals surface area contributed by atoms with E-state index in [2.05, 4.69) is 5.32 Å². The molecule has 2 N–H and O–H groups in total. The molecular formula is C16H20N2O4. The highest BCUT2D eigenvalue weighted by Gasteiger charge is 2.46. The first-order chi connectivity index (χ1) is 10.4. The van der Waals surface area contributed by atoms with Crippen LogP contribution < -0.4 is 5.32 Å². The normalized spacial score (nSPS) is 20.7. The quantitative estimate of drug-likeness (QED) is 0.892. The number of carbonyl (C=O) groups is 3. The van der Waals surface area contributed by atoms with Crippen LogP contribution >= 0.6 is 0 Å². The van der Waals surface area contributed by atoms with Crippen LogP contribution in [0.15, 0.2) is 24.3 Å². The minimum atomic E-state index is -1.17. The average Bonchev–Trinajstić information content (AvgIpc) is 2.90. The van der Waals surface area contributed by atoms with E-state index in [9.17, 15) is 19.5 Å². The van der Waals surface area contributed by atoms with Crippen LogP contribution in [0.25, 0.3) is 0 Å². The number of aliphatic carboxylic acids is 1. The smallest absolute Gasteiger partial charge is 0.329 e. The molecule has 0 aliphatic carbocycles. The molecule has 1 atom stereocenters. The maximum Gasteiger partial charge on any atom is 0.329 e. The molecule has 0 bridgehead atoms. The number of rotatable bonds is 4. The summed E-state index contributed by atoms with van der Waals surface area (Å²) in [6, 6.07) is 6.58. The molecule has 1 aliphatic heterocycles. The van der Waals surface area contributed by atoms with Gasteiger partial charge in [-0.2, -0.15) is 0 Å². The predicted octanol–water partition coefficient (Wildman–Crippen LogP) is 2.11. The Morgan fingerprint density at radius 3 is 2.73 bits per heavy atom. The number of carbonyl (C=O) groups excluding carboxylic acids is 2. The van der Waals surface area contributed by atoms with Gasteiger partial charge in [-0.05, 0) is 38.0 Å². The molecule has 2 amide bonds. The van der Waals surface area contributed by atoms with Crippen molar-refractivity contribution in [3.05, 3.63) is 29.8 Å². The van der Waals surface area contributed by atoms with Gasteiger partial charge in [-0.15, -0.1) is 0 Å². The molecule has 1 aromatic carbocycles. The molecule has 1 saturated heterocycles. The second-order valence-corrected chi connectivity index (χ2v) is 5.62. The molecule has 6 heteroatoms. The Hall–Kier alpha value is -2.37. The Balaban J connectivity index is 2.24. The number of hydrogen-bond acceptors (Lipinski definition) is 3. The standard InChI is InChI=1S/C16H20N2O4/c1-3-13(19)17-12-7-4-6-11(10-12)14(20)18-9-5-8-16(18,2)15(21)22/h4,6-7,10H,3,5,8-9H2,1-2H3,(H,17,19)(H,21,22). The summed E-state index contributed by atoms with van der Waals surface area (Å²) in [6.45, 7) is 3.74. The molecule has 0 radical (unpaired) electrons. The van der Waals surface area contributed by atoms with Crippen molar-refractivity contribution >= 4 is 23.5 Å². The molecule has 1 aromatic rings. The molecule has 2 rings (SSSR count). The summed E-state index contributed by atoms with van der Waals surface area (Å²) in [5.74, 6) is -1.45. The summed E-state index contributed by atoms with van der Waals surface area (Å²) in [7, 11) is 0. The van der Waals surface area contributed by atoms with Crippen molar-refractivity contribution in [2.45, 2.75) is 38.6 Å². The minimum Gasteiger partial charge on any atom is -0.480 e. The van der Waals surface area contributed by atoms with Crippen LogP contribution in [0, 0.1) is 0 Å². The van der Waals surface area contributed by atoms with Crippen LogP contribution in [-0.2, 0) is 9.59 Å². The molecule has 0 aromatic heterocycles. The molecule has 1 aliphatic rings. The van der Waals surface area contributed by atoms with Gasteiger partial charge in [-0.25, -0.2) is 4.79 Å². The fourth-order valence-electron chi connectivity index (χ4n) is 2.65. The maximum atomic E-state index is 12.6. The van der Waals surface area contributed by atoms with Crippen LogP contribution in [0.3, 0.4) is 0 Å². The van der Waals surface area contributed by atoms with Crippen LogP contribution in [-0.4, -0.2) is 39.9 Å². The van der Waals surface area contributed by atoms with Gasteiger partial charge in [0.25, 0.3) is 5.91 Å². The Morgan fingerprint density at radius 2 is 2.09 bits per heavy atom. The van der Waals surface area contributed by atoms with Gasteiger partial charge in [0.1, 0.15) is 5.54 Å². The van der Waals surface area contributed by atoms with Crippen molar-refractivity contribution < 1.29 is 19.5 Å². The monoisotopic (exact) mass is 304 g/mol. The summed E-state index contributed by atoms with van der Waals surface area (Å²) in [6.07, 6.45) is 1.46. The van der Waals surface area contributed by atoms with Gasteiger partial charge >= 0.3 is 5.97 Å². The number of benzene rings is 1. The van der Waals surface area contributed by atoms with Crippen LogP contribution in [0.1, 0.15) is 43.5 Å². The summed E-state index contributed by atoms with van der Waals surface area (Å²) in [5, 5.41) is 12.1. The summed E-state index contributed by atoms with van der Waals surface area (Å²) >= 11 is 0. The fourth-order valence-corrected chi connectivity index (χ4v) is 2.65. The van der Waals surface area contributed by atoms with Crippen molar-refractivity contribution in [3.63, 3.8) is 0 Å². The lowest BCUT2D eigenvalue weighted by Gasteiger charge is -2.31. The van der Waals surface area contributed by atoms with E-state index in [4.69, 9.17) is 0 Å². The Morgan fingerprint density at radius 1 is 1.36 bits per heavy atom. The first-order valence-electron chi connectivity index (χ1n) is 7.34. The average molecular weight is 304 g/mol. The lowest BCUT2D eigenvalue weighted by molar-refractivity contribution is -0.147. The molecule has 1 unspecified atom stereocenters. The number of amides is 2. The highest BCUT2D eigenvalue weighted by molar-refractivity contribution is 6.00. The van der Waals surface area contributed by atoms with Crippen LogP contribution in [0.4, 0.5) is 5.69 Å². The van der Waals surface area contributed by atoms with Gasteiger partial charge in [0.2, 0.25) is 5.91 Å². The van der Waals surface area contributed by atoms with Gasteiger partial charge < -0.3 is 15.3 Å². The topological polar surface area (TPSA) is 86.7 Å². The number of carboxylic acids is 1. The first kappa shape index (κ1) is 16.0. The molecule has 6 nitrogen and oxygen atoms in total. The molecule has 1 heterocycles. The van der Waals surface area contributed by atoms with E-state index in [1.54, 1.807) is 38.1 Å². The van der Waals surface area contributed by atoms with E-state index < -0.39 is 11.5 Å². The predicted molar refractivity (Wildman–Crippen MR) is 81.7 cm³/mol. The zero-order valence-electron chi connectivity index (χ0n) is 12.8. The summed E-state index contributed by atoms with van der Waals surface area (Å²) in [4.78, 5) is 36.9. The largest absolute Gasteiger partial charge is 0.480 e. The first-order valence-corrected chi connectivity index (χ1v) is 7.34. The van der Waals surface area contributed by atoms with Gasteiger partial charge in [0.15, 0.2) is 0 Å². The van der Waals surface area contributed by atoms with E-state index in [1.807, 2.05) is 0 Å². The van der Waals surface area contributed by atoms with Crippen LogP contribution in [0.2, 0.25) is 0 Å². The maximum absolute atomic E-state index is 12.6. The van der Waals surface area contributed by atoms with Gasteiger partial charge in [-0.1, -0.05) is 13.0 Å². The minimum absolute atomic E-state index is 0.138. The summed E-state index contributed by atoms with van der Waals surface area (Å²) < 4.78 is 0. The molecular weight excluding hydrogens is 284 g/mol. The second-order valence-electron chi connectivity index (χ2n) is 5.62. The SMILES string of the molecule is CCC(=O)Nc1cccc(C(=O)N2CCCC2(C)C(=O)O)c1. The van der Waals surface area contributed by atoms with Crippen molar-refractivity contribution in [2.75, 3.05) is 11.9 Å². The molecule has 118 valence electrons. The third-order valence-electron chi connectivity index (χ3n) is 4.06. The number of likely N-dealkylation sites (tertiary alicyclic amines) is 1. The Labute approximate surface area is 129 Å². The molecule has 0 spiro atoms. The van der Waals surface area contributed by atoms with Crippen molar-refractivity contribution in [3.8, 4) is 0 Å². The molecule has 0 saturated carbocycles.